The van der Waals surface area contributed by atoms with Crippen LogP contribution in [0.5, 0.6) is 0 Å². The van der Waals surface area contributed by atoms with Gasteiger partial charge in [0.25, 0.3) is 0 Å². The molecule has 3 fully saturated rings. The average Bonchev–Trinajstić information content (AvgIpc) is 3.30. The summed E-state index contributed by atoms with van der Waals surface area (Å²) in [5, 5.41) is 8.25. The van der Waals surface area contributed by atoms with Gasteiger partial charge in [0, 0.05) is 34.9 Å². The van der Waals surface area contributed by atoms with Crippen LogP contribution in [-0.2, 0) is 0 Å². The van der Waals surface area contributed by atoms with Gasteiger partial charge in [-0.25, -0.2) is 0 Å². The number of anilines is 1. The zero-order chi connectivity index (χ0) is 15.8. The lowest BCUT2D eigenvalue weighted by atomic mass is 9.81. The number of thiocarbonyl (C=S) groups is 1. The molecule has 0 radical (unpaired) electrons. The molecule has 2 N–H and O–H groups in total. The number of nitrogens with zero attached hydrogens (tertiary/aromatic N) is 1. The SMILES string of the molecule is S=C(Nc1cccc(Cl)c1)NC1C[C@H]2CCC[C@@H](C1)N2C1CC1. The maximum Gasteiger partial charge on any atom is 0.170 e. The normalized spacial score (nSPS) is 30.7. The Kier molecular flexibility index (Phi) is 4.48. The quantitative estimate of drug-likeness (QED) is 0.801. The van der Waals surface area contributed by atoms with Crippen molar-refractivity contribution in [3.63, 3.8) is 0 Å². The van der Waals surface area contributed by atoms with E-state index < -0.39 is 0 Å². The first-order chi connectivity index (χ1) is 11.2. The van der Waals surface area contributed by atoms with Crippen molar-refractivity contribution >= 4 is 34.6 Å². The third-order valence-electron chi connectivity index (χ3n) is 5.42. The fourth-order valence-corrected chi connectivity index (χ4v) is 4.90. The first-order valence-electron chi connectivity index (χ1n) is 8.79. The summed E-state index contributed by atoms with van der Waals surface area (Å²) in [6.07, 6.45) is 9.41. The molecule has 2 bridgehead atoms. The Labute approximate surface area is 148 Å². The first kappa shape index (κ1) is 15.7. The molecule has 3 nitrogen and oxygen atoms in total. The molecule has 1 saturated carbocycles. The van der Waals surface area contributed by atoms with Crippen LogP contribution in [-0.4, -0.2) is 34.2 Å². The van der Waals surface area contributed by atoms with Crippen molar-refractivity contribution in [1.29, 1.82) is 0 Å². The van der Waals surface area contributed by atoms with E-state index in [1.807, 2.05) is 24.3 Å². The van der Waals surface area contributed by atoms with E-state index in [2.05, 4.69) is 15.5 Å². The van der Waals surface area contributed by atoms with Gasteiger partial charge in [0.1, 0.15) is 0 Å². The van der Waals surface area contributed by atoms with E-state index in [0.717, 1.165) is 33.9 Å². The van der Waals surface area contributed by atoms with E-state index in [4.69, 9.17) is 23.8 Å². The molecule has 1 aromatic carbocycles. The molecular formula is C18H24ClN3S. The zero-order valence-electron chi connectivity index (χ0n) is 13.3. The molecule has 0 spiro atoms. The fourth-order valence-electron chi connectivity index (χ4n) is 4.42. The predicted molar refractivity (Wildman–Crippen MR) is 100 cm³/mol. The number of piperidine rings is 2. The molecule has 5 heteroatoms. The number of nitrogens with one attached hydrogen (secondary N) is 2. The fraction of sp³-hybridized carbons (Fsp3) is 0.611. The Balaban J connectivity index is 1.35. The molecule has 4 rings (SSSR count). The molecule has 124 valence electrons. The molecule has 0 aromatic heterocycles. The number of halogens is 1. The maximum atomic E-state index is 6.03. The molecule has 2 aliphatic heterocycles. The van der Waals surface area contributed by atoms with Crippen LogP contribution in [0.25, 0.3) is 0 Å². The summed E-state index contributed by atoms with van der Waals surface area (Å²) in [5.74, 6) is 0. The number of fused-ring (bicyclic) bond motifs is 2. The molecule has 2 saturated heterocycles. The van der Waals surface area contributed by atoms with Crippen molar-refractivity contribution in [1.82, 2.24) is 10.2 Å². The second-order valence-corrected chi connectivity index (χ2v) is 8.04. The third kappa shape index (κ3) is 3.65. The smallest absolute Gasteiger partial charge is 0.170 e. The van der Waals surface area contributed by atoms with Crippen LogP contribution in [0, 0.1) is 0 Å². The van der Waals surface area contributed by atoms with Crippen LogP contribution in [0.1, 0.15) is 44.9 Å². The van der Waals surface area contributed by atoms with Gasteiger partial charge < -0.3 is 10.6 Å². The topological polar surface area (TPSA) is 27.3 Å². The third-order valence-corrected chi connectivity index (χ3v) is 5.87. The molecule has 1 aromatic rings. The number of rotatable bonds is 3. The highest BCUT2D eigenvalue weighted by molar-refractivity contribution is 7.80. The zero-order valence-corrected chi connectivity index (χ0v) is 14.9. The number of benzene rings is 1. The predicted octanol–water partition coefficient (Wildman–Crippen LogP) is 4.17. The van der Waals surface area contributed by atoms with Crippen molar-refractivity contribution in [3.05, 3.63) is 29.3 Å². The van der Waals surface area contributed by atoms with Crippen LogP contribution >= 0.6 is 23.8 Å². The minimum absolute atomic E-state index is 0.500. The molecule has 1 aliphatic carbocycles. The summed E-state index contributed by atoms with van der Waals surface area (Å²) in [6, 6.07) is 10.6. The van der Waals surface area contributed by atoms with Gasteiger partial charge in [0.2, 0.25) is 0 Å². The average molecular weight is 350 g/mol. The van der Waals surface area contributed by atoms with E-state index in [-0.39, 0.29) is 0 Å². The van der Waals surface area contributed by atoms with Crippen molar-refractivity contribution in [3.8, 4) is 0 Å². The van der Waals surface area contributed by atoms with Gasteiger partial charge in [0.15, 0.2) is 5.11 Å². The summed E-state index contributed by atoms with van der Waals surface area (Å²) >= 11 is 11.5. The molecule has 0 amide bonds. The van der Waals surface area contributed by atoms with Crippen LogP contribution in [0.3, 0.4) is 0 Å². The summed E-state index contributed by atoms with van der Waals surface area (Å²) in [5.41, 5.74) is 0.950. The Morgan fingerprint density at radius 3 is 2.48 bits per heavy atom. The van der Waals surface area contributed by atoms with Crippen LogP contribution in [0.2, 0.25) is 5.02 Å². The summed E-state index contributed by atoms with van der Waals surface area (Å²) in [7, 11) is 0. The Morgan fingerprint density at radius 1 is 1.09 bits per heavy atom. The lowest BCUT2D eigenvalue weighted by molar-refractivity contribution is 0.0209. The largest absolute Gasteiger partial charge is 0.360 e. The van der Waals surface area contributed by atoms with Crippen LogP contribution in [0.4, 0.5) is 5.69 Å². The number of hydrogen-bond acceptors (Lipinski definition) is 2. The molecule has 2 heterocycles. The van der Waals surface area contributed by atoms with Gasteiger partial charge in [-0.1, -0.05) is 24.1 Å². The van der Waals surface area contributed by atoms with Crippen molar-refractivity contribution < 1.29 is 0 Å². The van der Waals surface area contributed by atoms with Gasteiger partial charge >= 0.3 is 0 Å². The minimum atomic E-state index is 0.500. The molecule has 1 unspecified atom stereocenters. The van der Waals surface area contributed by atoms with Gasteiger partial charge in [-0.3, -0.25) is 4.90 Å². The van der Waals surface area contributed by atoms with E-state index in [1.165, 1.54) is 44.9 Å². The number of hydrogen-bond donors (Lipinski definition) is 2. The lowest BCUT2D eigenvalue weighted by Gasteiger charge is -2.49. The van der Waals surface area contributed by atoms with Gasteiger partial charge in [-0.2, -0.15) is 0 Å². The van der Waals surface area contributed by atoms with E-state index in [9.17, 15) is 0 Å². The Hall–Kier alpha value is -0.840. The summed E-state index contributed by atoms with van der Waals surface area (Å²) in [6.45, 7) is 0. The monoisotopic (exact) mass is 349 g/mol. The van der Waals surface area contributed by atoms with Gasteiger partial charge in [0.05, 0.1) is 0 Å². The Bertz CT molecular complexity index is 575. The van der Waals surface area contributed by atoms with Crippen molar-refractivity contribution in [2.24, 2.45) is 0 Å². The highest BCUT2D eigenvalue weighted by atomic mass is 35.5. The van der Waals surface area contributed by atoms with E-state index in [0.29, 0.717) is 6.04 Å². The Morgan fingerprint density at radius 2 is 1.83 bits per heavy atom. The summed E-state index contributed by atoms with van der Waals surface area (Å²) < 4.78 is 0. The molecule has 3 aliphatic rings. The maximum absolute atomic E-state index is 6.03. The highest BCUT2D eigenvalue weighted by Crippen LogP contribution is 2.41. The van der Waals surface area contributed by atoms with E-state index >= 15 is 0 Å². The van der Waals surface area contributed by atoms with Crippen LogP contribution in [0.15, 0.2) is 24.3 Å². The standard InChI is InChI=1S/C18H24ClN3S/c19-12-3-1-4-13(9-12)20-18(23)21-14-10-16-5-2-6-17(11-14)22(16)15-7-8-15/h1,3-4,9,14-17H,2,5-8,10-11H2,(H2,20,21,23)/t14?,16-,17+. The second-order valence-electron chi connectivity index (χ2n) is 7.19. The van der Waals surface area contributed by atoms with Crippen molar-refractivity contribution in [2.75, 3.05) is 5.32 Å². The molecular weight excluding hydrogens is 326 g/mol. The van der Waals surface area contributed by atoms with Crippen molar-refractivity contribution in [2.45, 2.75) is 69.1 Å². The van der Waals surface area contributed by atoms with E-state index in [1.54, 1.807) is 0 Å². The first-order valence-corrected chi connectivity index (χ1v) is 9.58. The molecule has 3 atom stereocenters. The summed E-state index contributed by atoms with van der Waals surface area (Å²) in [4.78, 5) is 2.84. The lowest BCUT2D eigenvalue weighted by Crippen LogP contribution is -2.57. The minimum Gasteiger partial charge on any atom is -0.360 e. The highest BCUT2D eigenvalue weighted by Gasteiger charge is 2.44. The molecule has 23 heavy (non-hydrogen) atoms. The van der Waals surface area contributed by atoms with Crippen LogP contribution < -0.4 is 10.6 Å². The van der Waals surface area contributed by atoms with Gasteiger partial charge in [-0.15, -0.1) is 0 Å². The van der Waals surface area contributed by atoms with Gasteiger partial charge in [-0.05, 0) is 68.9 Å². The second kappa shape index (κ2) is 6.58.